The second kappa shape index (κ2) is 8.74. The molecule has 1 unspecified atom stereocenters. The van der Waals surface area contributed by atoms with E-state index in [2.05, 4.69) is 10.5 Å². The highest BCUT2D eigenvalue weighted by Gasteiger charge is 2.15. The number of aryl methyl sites for hydroxylation is 1. The SMILES string of the molecule is CCC(CCO)NC(=O)c1ccccc1SCc1cc(C)no1. The number of aromatic nitrogens is 1. The molecule has 124 valence electrons. The number of carbonyl (C=O) groups is 1. The molecule has 2 N–H and O–H groups in total. The first-order valence-corrected chi connectivity index (χ1v) is 8.68. The highest BCUT2D eigenvalue weighted by molar-refractivity contribution is 7.98. The number of nitrogens with zero attached hydrogens (tertiary/aromatic N) is 1. The molecule has 0 radical (unpaired) electrons. The Labute approximate surface area is 140 Å². The van der Waals surface area contributed by atoms with Gasteiger partial charge in [-0.25, -0.2) is 0 Å². The van der Waals surface area contributed by atoms with Gasteiger partial charge in [0.1, 0.15) is 5.76 Å². The quantitative estimate of drug-likeness (QED) is 0.725. The Morgan fingerprint density at radius 3 is 2.87 bits per heavy atom. The second-order valence-electron chi connectivity index (χ2n) is 5.31. The lowest BCUT2D eigenvalue weighted by Crippen LogP contribution is -2.35. The average molecular weight is 334 g/mol. The van der Waals surface area contributed by atoms with Gasteiger partial charge in [-0.2, -0.15) is 0 Å². The molecule has 2 aromatic rings. The van der Waals surface area contributed by atoms with Gasteiger partial charge >= 0.3 is 0 Å². The summed E-state index contributed by atoms with van der Waals surface area (Å²) in [6.45, 7) is 3.94. The van der Waals surface area contributed by atoms with Crippen molar-refractivity contribution in [3.63, 3.8) is 0 Å². The molecule has 0 saturated heterocycles. The normalized spacial score (nSPS) is 12.1. The van der Waals surface area contributed by atoms with Crippen LogP contribution in [-0.4, -0.2) is 28.8 Å². The Morgan fingerprint density at radius 1 is 1.43 bits per heavy atom. The van der Waals surface area contributed by atoms with Crippen molar-refractivity contribution >= 4 is 17.7 Å². The summed E-state index contributed by atoms with van der Waals surface area (Å²) in [5.41, 5.74) is 1.49. The number of aliphatic hydroxyl groups is 1. The first-order chi connectivity index (χ1) is 11.1. The molecule has 0 aliphatic heterocycles. The number of rotatable bonds is 8. The number of aliphatic hydroxyl groups excluding tert-OH is 1. The van der Waals surface area contributed by atoms with Crippen molar-refractivity contribution in [2.75, 3.05) is 6.61 Å². The molecular weight excluding hydrogens is 312 g/mol. The molecule has 2 rings (SSSR count). The van der Waals surface area contributed by atoms with Crippen LogP contribution in [0.5, 0.6) is 0 Å². The van der Waals surface area contributed by atoms with Gasteiger partial charge in [-0.15, -0.1) is 11.8 Å². The number of benzene rings is 1. The maximum Gasteiger partial charge on any atom is 0.252 e. The van der Waals surface area contributed by atoms with Crippen LogP contribution in [0, 0.1) is 6.92 Å². The second-order valence-corrected chi connectivity index (χ2v) is 6.33. The number of nitrogens with one attached hydrogen (secondary N) is 1. The van der Waals surface area contributed by atoms with Crippen LogP contribution in [0.2, 0.25) is 0 Å². The molecule has 1 aromatic carbocycles. The first-order valence-electron chi connectivity index (χ1n) is 7.69. The van der Waals surface area contributed by atoms with Crippen LogP contribution < -0.4 is 5.32 Å². The molecule has 0 bridgehead atoms. The van der Waals surface area contributed by atoms with E-state index >= 15 is 0 Å². The monoisotopic (exact) mass is 334 g/mol. The summed E-state index contributed by atoms with van der Waals surface area (Å²) in [7, 11) is 0. The molecule has 0 fully saturated rings. The van der Waals surface area contributed by atoms with E-state index in [1.807, 2.05) is 44.2 Å². The van der Waals surface area contributed by atoms with Crippen molar-refractivity contribution in [3.05, 3.63) is 47.3 Å². The summed E-state index contributed by atoms with van der Waals surface area (Å²) in [5, 5.41) is 15.9. The minimum atomic E-state index is -0.109. The van der Waals surface area contributed by atoms with Gasteiger partial charge in [0.25, 0.3) is 5.91 Å². The number of carbonyl (C=O) groups excluding carboxylic acids is 1. The molecule has 0 aliphatic carbocycles. The highest BCUT2D eigenvalue weighted by atomic mass is 32.2. The lowest BCUT2D eigenvalue weighted by Gasteiger charge is -2.17. The van der Waals surface area contributed by atoms with Gasteiger partial charge in [0.2, 0.25) is 0 Å². The van der Waals surface area contributed by atoms with Gasteiger partial charge in [0, 0.05) is 23.6 Å². The zero-order valence-electron chi connectivity index (χ0n) is 13.4. The van der Waals surface area contributed by atoms with E-state index in [-0.39, 0.29) is 18.6 Å². The summed E-state index contributed by atoms with van der Waals surface area (Å²) in [6, 6.07) is 9.39. The summed E-state index contributed by atoms with van der Waals surface area (Å²) < 4.78 is 5.20. The Kier molecular flexibility index (Phi) is 6.67. The van der Waals surface area contributed by atoms with Gasteiger partial charge in [-0.3, -0.25) is 4.79 Å². The summed E-state index contributed by atoms with van der Waals surface area (Å²) in [6.07, 6.45) is 1.36. The summed E-state index contributed by atoms with van der Waals surface area (Å²) in [4.78, 5) is 13.4. The maximum absolute atomic E-state index is 12.5. The van der Waals surface area contributed by atoms with E-state index in [0.29, 0.717) is 17.7 Å². The van der Waals surface area contributed by atoms with Crippen molar-refractivity contribution in [1.29, 1.82) is 0 Å². The lowest BCUT2D eigenvalue weighted by atomic mass is 10.1. The molecule has 1 aromatic heterocycles. The Hall–Kier alpha value is -1.79. The van der Waals surface area contributed by atoms with E-state index in [9.17, 15) is 4.79 Å². The fraction of sp³-hybridized carbons (Fsp3) is 0.412. The van der Waals surface area contributed by atoms with Crippen molar-refractivity contribution in [1.82, 2.24) is 10.5 Å². The van der Waals surface area contributed by atoms with Crippen molar-refractivity contribution in [2.24, 2.45) is 0 Å². The molecule has 23 heavy (non-hydrogen) atoms. The number of hydrogen-bond donors (Lipinski definition) is 2. The van der Waals surface area contributed by atoms with Gasteiger partial charge in [-0.1, -0.05) is 24.2 Å². The minimum Gasteiger partial charge on any atom is -0.396 e. The molecule has 1 heterocycles. The largest absolute Gasteiger partial charge is 0.396 e. The number of hydrogen-bond acceptors (Lipinski definition) is 5. The van der Waals surface area contributed by atoms with E-state index in [0.717, 1.165) is 22.8 Å². The van der Waals surface area contributed by atoms with Crippen molar-refractivity contribution < 1.29 is 14.4 Å². The molecular formula is C17H22N2O3S. The maximum atomic E-state index is 12.5. The van der Waals surface area contributed by atoms with E-state index in [4.69, 9.17) is 9.63 Å². The average Bonchev–Trinajstić information content (AvgIpc) is 2.98. The van der Waals surface area contributed by atoms with Crippen LogP contribution in [0.15, 0.2) is 39.8 Å². The van der Waals surface area contributed by atoms with Crippen LogP contribution in [0.3, 0.4) is 0 Å². The highest BCUT2D eigenvalue weighted by Crippen LogP contribution is 2.26. The summed E-state index contributed by atoms with van der Waals surface area (Å²) in [5.74, 6) is 1.30. The molecule has 0 aliphatic rings. The fourth-order valence-corrected chi connectivity index (χ4v) is 3.14. The van der Waals surface area contributed by atoms with E-state index in [1.165, 1.54) is 0 Å². The predicted molar refractivity (Wildman–Crippen MR) is 90.5 cm³/mol. The third-order valence-corrected chi connectivity index (χ3v) is 4.58. The smallest absolute Gasteiger partial charge is 0.252 e. The number of thioether (sulfide) groups is 1. The molecule has 6 heteroatoms. The Bertz CT molecular complexity index is 642. The van der Waals surface area contributed by atoms with Crippen LogP contribution in [-0.2, 0) is 5.75 Å². The lowest BCUT2D eigenvalue weighted by molar-refractivity contribution is 0.0926. The Morgan fingerprint density at radius 2 is 2.22 bits per heavy atom. The molecule has 0 saturated carbocycles. The third kappa shape index (κ3) is 5.11. The van der Waals surface area contributed by atoms with Gasteiger partial charge in [0.15, 0.2) is 0 Å². The topological polar surface area (TPSA) is 75.4 Å². The minimum absolute atomic E-state index is 0.0116. The van der Waals surface area contributed by atoms with Crippen LogP contribution in [0.4, 0.5) is 0 Å². The molecule has 1 amide bonds. The first kappa shape index (κ1) is 17.6. The van der Waals surface area contributed by atoms with Crippen LogP contribution in [0.1, 0.15) is 41.6 Å². The molecule has 0 spiro atoms. The van der Waals surface area contributed by atoms with Gasteiger partial charge < -0.3 is 14.9 Å². The predicted octanol–water partition coefficient (Wildman–Crippen LogP) is 3.17. The van der Waals surface area contributed by atoms with Crippen molar-refractivity contribution in [3.8, 4) is 0 Å². The molecule has 1 atom stereocenters. The van der Waals surface area contributed by atoms with Gasteiger partial charge in [-0.05, 0) is 31.9 Å². The molecule has 5 nitrogen and oxygen atoms in total. The van der Waals surface area contributed by atoms with Crippen LogP contribution >= 0.6 is 11.8 Å². The third-order valence-electron chi connectivity index (χ3n) is 3.48. The van der Waals surface area contributed by atoms with E-state index < -0.39 is 0 Å². The zero-order valence-corrected chi connectivity index (χ0v) is 14.2. The zero-order chi connectivity index (χ0) is 16.7. The van der Waals surface area contributed by atoms with Crippen molar-refractivity contribution in [2.45, 2.75) is 43.4 Å². The standard InChI is InChI=1S/C17H22N2O3S/c1-3-13(8-9-20)18-17(21)15-6-4-5-7-16(15)23-11-14-10-12(2)19-22-14/h4-7,10,13,20H,3,8-9,11H2,1-2H3,(H,18,21). The fourth-order valence-electron chi connectivity index (χ4n) is 2.21. The van der Waals surface area contributed by atoms with E-state index in [1.54, 1.807) is 11.8 Å². The number of amides is 1. The van der Waals surface area contributed by atoms with Gasteiger partial charge in [0.05, 0.1) is 17.0 Å². The Balaban J connectivity index is 2.05. The summed E-state index contributed by atoms with van der Waals surface area (Å²) >= 11 is 1.55. The van der Waals surface area contributed by atoms with Crippen LogP contribution in [0.25, 0.3) is 0 Å².